The molecule has 5 nitrogen and oxygen atoms in total. The van der Waals surface area contributed by atoms with E-state index >= 15 is 0 Å². The number of anilines is 2. The summed E-state index contributed by atoms with van der Waals surface area (Å²) in [7, 11) is 0. The van der Waals surface area contributed by atoms with Gasteiger partial charge in [-0.2, -0.15) is 0 Å². The van der Waals surface area contributed by atoms with E-state index in [-0.39, 0.29) is 41.4 Å². The van der Waals surface area contributed by atoms with Crippen molar-refractivity contribution in [3.63, 3.8) is 0 Å². The second kappa shape index (κ2) is 7.03. The predicted molar refractivity (Wildman–Crippen MR) is 125 cm³/mol. The van der Waals surface area contributed by atoms with Crippen LogP contribution in [0.2, 0.25) is 5.02 Å². The molecule has 6 atom stereocenters. The lowest BCUT2D eigenvalue weighted by Gasteiger charge is -2.37. The number of hydrogen-bond acceptors (Lipinski definition) is 3. The van der Waals surface area contributed by atoms with Gasteiger partial charge in [0, 0.05) is 15.7 Å². The molecule has 2 aromatic carbocycles. The molecule has 3 fully saturated rings. The molecule has 1 heterocycles. The first-order valence-electron chi connectivity index (χ1n) is 10.8. The Labute approximate surface area is 198 Å². The Kier molecular flexibility index (Phi) is 4.43. The molecular weight excluding hydrogens is 492 g/mol. The van der Waals surface area contributed by atoms with Crippen molar-refractivity contribution in [3.8, 4) is 0 Å². The quantitative estimate of drug-likeness (QED) is 0.454. The van der Waals surface area contributed by atoms with Gasteiger partial charge >= 0.3 is 0 Å². The number of carbonyl (C=O) groups is 3. The maximum atomic E-state index is 13.3. The van der Waals surface area contributed by atoms with E-state index in [1.807, 2.05) is 6.92 Å². The van der Waals surface area contributed by atoms with E-state index in [0.717, 1.165) is 16.5 Å². The van der Waals surface area contributed by atoms with Crippen molar-refractivity contribution in [2.75, 3.05) is 10.2 Å². The Morgan fingerprint density at radius 3 is 2.38 bits per heavy atom. The monoisotopic (exact) mass is 510 g/mol. The van der Waals surface area contributed by atoms with Crippen molar-refractivity contribution in [3.05, 3.63) is 69.2 Å². The van der Waals surface area contributed by atoms with Crippen LogP contribution in [0.3, 0.4) is 0 Å². The van der Waals surface area contributed by atoms with E-state index in [1.54, 1.807) is 36.4 Å². The minimum atomic E-state index is -0.326. The number of rotatable bonds is 3. The average Bonchev–Trinajstić information content (AvgIpc) is 3.57. The summed E-state index contributed by atoms with van der Waals surface area (Å²) >= 11 is 9.65. The zero-order chi connectivity index (χ0) is 22.3. The minimum Gasteiger partial charge on any atom is -0.322 e. The highest BCUT2D eigenvalue weighted by Crippen LogP contribution is 2.65. The fraction of sp³-hybridized carbons (Fsp3) is 0.320. The summed E-state index contributed by atoms with van der Waals surface area (Å²) in [5.74, 6) is 0.365. The lowest BCUT2D eigenvalue weighted by molar-refractivity contribution is -0.124. The number of nitrogens with one attached hydrogen (secondary N) is 1. The zero-order valence-electron chi connectivity index (χ0n) is 17.2. The van der Waals surface area contributed by atoms with Crippen molar-refractivity contribution >= 4 is 56.6 Å². The Bertz CT molecular complexity index is 1210. The summed E-state index contributed by atoms with van der Waals surface area (Å²) in [6, 6.07) is 10.3. The van der Waals surface area contributed by atoms with Crippen LogP contribution in [0.25, 0.3) is 0 Å². The van der Waals surface area contributed by atoms with E-state index in [1.165, 1.54) is 4.90 Å². The van der Waals surface area contributed by atoms with Crippen LogP contribution in [0.15, 0.2) is 53.0 Å². The van der Waals surface area contributed by atoms with Gasteiger partial charge in [-0.1, -0.05) is 29.8 Å². The van der Waals surface area contributed by atoms with Gasteiger partial charge in [0.1, 0.15) is 0 Å². The number of nitrogens with zero attached hydrogens (tertiary/aromatic N) is 1. The van der Waals surface area contributed by atoms with Crippen molar-refractivity contribution in [2.45, 2.75) is 13.3 Å². The number of imide groups is 1. The first-order chi connectivity index (χ1) is 15.4. The molecule has 3 amide bonds. The van der Waals surface area contributed by atoms with Gasteiger partial charge in [0.2, 0.25) is 11.8 Å². The number of halogens is 2. The molecule has 0 aromatic heterocycles. The average molecular weight is 512 g/mol. The lowest BCUT2D eigenvalue weighted by Crippen LogP contribution is -2.40. The number of carbonyl (C=O) groups excluding carboxylic acids is 3. The van der Waals surface area contributed by atoms with E-state index in [9.17, 15) is 14.4 Å². The second-order valence-electron chi connectivity index (χ2n) is 9.20. The summed E-state index contributed by atoms with van der Waals surface area (Å²) < 4.78 is 0.755. The van der Waals surface area contributed by atoms with Crippen LogP contribution in [-0.4, -0.2) is 17.7 Å². The van der Waals surface area contributed by atoms with Crippen LogP contribution < -0.4 is 10.2 Å². The Balaban J connectivity index is 1.28. The summed E-state index contributed by atoms with van der Waals surface area (Å²) in [6.07, 6.45) is 5.44. The van der Waals surface area contributed by atoms with Gasteiger partial charge in [-0.15, -0.1) is 0 Å². The van der Waals surface area contributed by atoms with Gasteiger partial charge in [0.15, 0.2) is 0 Å². The number of amides is 3. The fourth-order valence-corrected chi connectivity index (χ4v) is 6.57. The highest BCUT2D eigenvalue weighted by Gasteiger charge is 2.67. The van der Waals surface area contributed by atoms with E-state index in [2.05, 4.69) is 33.4 Å². The number of hydrogen-bond donors (Lipinski definition) is 1. The molecule has 32 heavy (non-hydrogen) atoms. The molecule has 5 aliphatic rings. The topological polar surface area (TPSA) is 66.5 Å². The van der Waals surface area contributed by atoms with Crippen molar-refractivity contribution in [1.82, 2.24) is 0 Å². The fourth-order valence-electron chi connectivity index (χ4n) is 5.98. The van der Waals surface area contributed by atoms with Crippen molar-refractivity contribution in [1.29, 1.82) is 0 Å². The first kappa shape index (κ1) is 20.2. The highest BCUT2D eigenvalue weighted by molar-refractivity contribution is 9.10. The normalized spacial score (nSPS) is 31.5. The van der Waals surface area contributed by atoms with Gasteiger partial charge in [0.25, 0.3) is 5.91 Å². The molecule has 7 heteroatoms. The molecule has 2 bridgehead atoms. The molecular formula is C25H20BrClN2O3. The molecule has 1 N–H and O–H groups in total. The zero-order valence-corrected chi connectivity index (χ0v) is 19.6. The highest BCUT2D eigenvalue weighted by atomic mass is 79.9. The van der Waals surface area contributed by atoms with E-state index in [4.69, 9.17) is 11.6 Å². The Morgan fingerprint density at radius 2 is 1.72 bits per heavy atom. The van der Waals surface area contributed by atoms with E-state index in [0.29, 0.717) is 33.8 Å². The van der Waals surface area contributed by atoms with Crippen LogP contribution in [-0.2, 0) is 9.59 Å². The van der Waals surface area contributed by atoms with Crippen molar-refractivity contribution < 1.29 is 14.4 Å². The summed E-state index contributed by atoms with van der Waals surface area (Å²) in [4.78, 5) is 40.9. The minimum absolute atomic E-state index is 0.127. The smallest absolute Gasteiger partial charge is 0.255 e. The molecule has 4 aliphatic carbocycles. The maximum Gasteiger partial charge on any atom is 0.255 e. The Hall–Kier alpha value is -2.44. The number of benzene rings is 2. The molecule has 7 rings (SSSR count). The third-order valence-electron chi connectivity index (χ3n) is 7.62. The maximum absolute atomic E-state index is 13.3. The van der Waals surface area contributed by atoms with E-state index < -0.39 is 0 Å². The second-order valence-corrected chi connectivity index (χ2v) is 10.4. The van der Waals surface area contributed by atoms with Crippen molar-refractivity contribution in [2.24, 2.45) is 35.5 Å². The van der Waals surface area contributed by atoms with Gasteiger partial charge in [-0.05, 0) is 88.8 Å². The molecule has 1 saturated heterocycles. The van der Waals surface area contributed by atoms with Gasteiger partial charge in [0.05, 0.1) is 22.5 Å². The van der Waals surface area contributed by atoms with Crippen LogP contribution >= 0.6 is 27.5 Å². The van der Waals surface area contributed by atoms with Gasteiger partial charge in [-0.25, -0.2) is 4.90 Å². The Morgan fingerprint density at radius 1 is 1.06 bits per heavy atom. The third kappa shape index (κ3) is 2.78. The predicted octanol–water partition coefficient (Wildman–Crippen LogP) is 5.22. The SMILES string of the molecule is Cc1c(NC(=O)c2cccc(N3C(=O)[C@@H]4[C@H]5C=C[C@H]([C@H]6C[C@H]56)[C@@H]4C3=O)c2)ccc(Br)c1Cl. The molecule has 2 aromatic rings. The molecule has 0 unspecified atom stereocenters. The van der Waals surface area contributed by atoms with Crippen LogP contribution in [0, 0.1) is 42.4 Å². The summed E-state index contributed by atoms with van der Waals surface area (Å²) in [5.41, 5.74) is 2.19. The summed E-state index contributed by atoms with van der Waals surface area (Å²) in [6.45, 7) is 1.83. The largest absolute Gasteiger partial charge is 0.322 e. The molecule has 1 aliphatic heterocycles. The van der Waals surface area contributed by atoms with Crippen LogP contribution in [0.5, 0.6) is 0 Å². The molecule has 0 radical (unpaired) electrons. The van der Waals surface area contributed by atoms with Gasteiger partial charge in [-0.3, -0.25) is 14.4 Å². The summed E-state index contributed by atoms with van der Waals surface area (Å²) in [5, 5.41) is 3.41. The van der Waals surface area contributed by atoms with Gasteiger partial charge < -0.3 is 5.32 Å². The molecule has 2 saturated carbocycles. The lowest BCUT2D eigenvalue weighted by atomic mass is 9.63. The third-order valence-corrected chi connectivity index (χ3v) is 8.99. The standard InChI is InChI=1S/C25H20BrClN2O3/c1-11-19(8-7-18(26)22(11)27)28-23(30)12-3-2-4-13(9-12)29-24(31)20-14-5-6-15(17-10-16(14)17)21(20)25(29)32/h2-9,14-17,20-21H,10H2,1H3,(H,28,30)/t14-,15+,16-,17-,20+,21-/m1/s1. The molecule has 0 spiro atoms. The van der Waals surface area contributed by atoms with Crippen LogP contribution in [0.1, 0.15) is 22.3 Å². The number of allylic oxidation sites excluding steroid dienone is 2. The first-order valence-corrected chi connectivity index (χ1v) is 12.0. The van der Waals surface area contributed by atoms with Crippen LogP contribution in [0.4, 0.5) is 11.4 Å². The molecule has 162 valence electrons.